The van der Waals surface area contributed by atoms with Gasteiger partial charge in [0.1, 0.15) is 29.8 Å². The summed E-state index contributed by atoms with van der Waals surface area (Å²) in [6.45, 7) is 7.17. The monoisotopic (exact) mass is 346 g/mol. The number of nitrogens with zero attached hydrogens (tertiary/aromatic N) is 2. The number of hydrogen-bond acceptors (Lipinski definition) is 5. The second-order valence-electron chi connectivity index (χ2n) is 7.07. The third-order valence-corrected chi connectivity index (χ3v) is 3.77. The van der Waals surface area contributed by atoms with Crippen LogP contribution in [0, 0.1) is 6.92 Å². The summed E-state index contributed by atoms with van der Waals surface area (Å²) in [5.74, 6) is 1.06. The van der Waals surface area contributed by atoms with Crippen molar-refractivity contribution in [3.8, 4) is 5.75 Å². The van der Waals surface area contributed by atoms with Gasteiger partial charge in [-0.25, -0.2) is 9.78 Å². The molecular weight excluding hydrogens is 324 g/mol. The highest BCUT2D eigenvalue weighted by Crippen LogP contribution is 2.34. The molecule has 1 atom stereocenters. The first-order valence-electron chi connectivity index (χ1n) is 8.04. The first-order chi connectivity index (χ1) is 11.6. The van der Waals surface area contributed by atoms with E-state index in [1.165, 1.54) is 4.90 Å². The van der Waals surface area contributed by atoms with Crippen molar-refractivity contribution in [2.24, 2.45) is 0 Å². The standard InChI is InChI=1S/C17H22N4O4/c1-9-18-10-6-13-14(7-11(10)19-9)24-8-12(15(22)21(13)5)20-16(23)25-17(2,3)4/h6-7,12H,8H2,1-5H3,(H,18,19)(H,20,23)/t12-/m0/s1. The Morgan fingerprint density at radius 3 is 2.84 bits per heavy atom. The molecule has 2 aromatic rings. The second kappa shape index (κ2) is 5.94. The lowest BCUT2D eigenvalue weighted by atomic mass is 10.2. The molecule has 1 aliphatic heterocycles. The summed E-state index contributed by atoms with van der Waals surface area (Å²) in [5.41, 5.74) is 1.54. The molecule has 134 valence electrons. The number of aryl methyl sites for hydroxylation is 1. The number of likely N-dealkylation sites (N-methyl/N-ethyl adjacent to an activating group) is 1. The molecule has 0 unspecified atom stereocenters. The van der Waals surface area contributed by atoms with Crippen molar-refractivity contribution in [3.05, 3.63) is 18.0 Å². The Morgan fingerprint density at radius 2 is 2.16 bits per heavy atom. The number of aromatic amines is 1. The van der Waals surface area contributed by atoms with E-state index in [0.717, 1.165) is 16.9 Å². The molecule has 8 heteroatoms. The Kier molecular flexibility index (Phi) is 4.06. The van der Waals surface area contributed by atoms with Crippen molar-refractivity contribution >= 4 is 28.7 Å². The zero-order valence-corrected chi connectivity index (χ0v) is 15.0. The van der Waals surface area contributed by atoms with Gasteiger partial charge in [0.2, 0.25) is 0 Å². The summed E-state index contributed by atoms with van der Waals surface area (Å²) < 4.78 is 11.0. The molecular formula is C17H22N4O4. The second-order valence-corrected chi connectivity index (χ2v) is 7.07. The summed E-state index contributed by atoms with van der Waals surface area (Å²) >= 11 is 0. The number of hydrogen-bond donors (Lipinski definition) is 2. The van der Waals surface area contributed by atoms with Gasteiger partial charge in [0, 0.05) is 13.1 Å². The molecule has 0 bridgehead atoms. The molecule has 2 amide bonds. The van der Waals surface area contributed by atoms with Crippen LogP contribution in [0.5, 0.6) is 5.75 Å². The van der Waals surface area contributed by atoms with Crippen LogP contribution in [0.15, 0.2) is 12.1 Å². The maximum atomic E-state index is 12.7. The van der Waals surface area contributed by atoms with E-state index in [2.05, 4.69) is 15.3 Å². The molecule has 0 saturated carbocycles. The molecule has 0 fully saturated rings. The van der Waals surface area contributed by atoms with Crippen molar-refractivity contribution in [2.45, 2.75) is 39.3 Å². The lowest BCUT2D eigenvalue weighted by Gasteiger charge is -2.23. The number of carbonyl (C=O) groups excluding carboxylic acids is 2. The quantitative estimate of drug-likeness (QED) is 0.824. The Morgan fingerprint density at radius 1 is 1.44 bits per heavy atom. The Hall–Kier alpha value is -2.77. The summed E-state index contributed by atoms with van der Waals surface area (Å²) in [5, 5.41) is 2.57. The van der Waals surface area contributed by atoms with E-state index in [1.54, 1.807) is 33.9 Å². The van der Waals surface area contributed by atoms with Gasteiger partial charge in [-0.3, -0.25) is 4.79 Å². The number of imidazole rings is 1. The van der Waals surface area contributed by atoms with Crippen LogP contribution in [-0.2, 0) is 9.53 Å². The highest BCUT2D eigenvalue weighted by atomic mass is 16.6. The van der Waals surface area contributed by atoms with E-state index in [-0.39, 0.29) is 12.5 Å². The smallest absolute Gasteiger partial charge is 0.408 e. The molecule has 8 nitrogen and oxygen atoms in total. The van der Waals surface area contributed by atoms with Crippen LogP contribution in [0.1, 0.15) is 26.6 Å². The average Bonchev–Trinajstić information content (AvgIpc) is 2.81. The topological polar surface area (TPSA) is 96.5 Å². The number of nitrogens with one attached hydrogen (secondary N) is 2. The van der Waals surface area contributed by atoms with Gasteiger partial charge in [-0.2, -0.15) is 0 Å². The lowest BCUT2D eigenvalue weighted by molar-refractivity contribution is -0.120. The molecule has 1 aliphatic rings. The molecule has 0 saturated heterocycles. The molecule has 3 rings (SSSR count). The van der Waals surface area contributed by atoms with Gasteiger partial charge in [-0.15, -0.1) is 0 Å². The predicted molar refractivity (Wildman–Crippen MR) is 92.9 cm³/mol. The Balaban J connectivity index is 1.84. The molecule has 0 aliphatic carbocycles. The van der Waals surface area contributed by atoms with Crippen molar-refractivity contribution in [2.75, 3.05) is 18.6 Å². The highest BCUT2D eigenvalue weighted by molar-refractivity contribution is 6.02. The summed E-state index contributed by atoms with van der Waals surface area (Å²) in [7, 11) is 1.64. The number of aromatic nitrogens is 2. The average molecular weight is 346 g/mol. The number of rotatable bonds is 1. The number of fused-ring (bicyclic) bond motifs is 2. The maximum absolute atomic E-state index is 12.7. The van der Waals surface area contributed by atoms with Crippen LogP contribution in [0.25, 0.3) is 11.0 Å². The van der Waals surface area contributed by atoms with Crippen LogP contribution >= 0.6 is 0 Å². The van der Waals surface area contributed by atoms with Gasteiger partial charge in [-0.1, -0.05) is 0 Å². The van der Waals surface area contributed by atoms with Gasteiger partial charge in [-0.05, 0) is 33.8 Å². The number of H-pyrrole nitrogens is 1. The third-order valence-electron chi connectivity index (χ3n) is 3.77. The Labute approximate surface area is 145 Å². The molecule has 2 heterocycles. The van der Waals surface area contributed by atoms with Crippen molar-refractivity contribution < 1.29 is 19.1 Å². The fraction of sp³-hybridized carbons (Fsp3) is 0.471. The minimum absolute atomic E-state index is 0.0219. The summed E-state index contributed by atoms with van der Waals surface area (Å²) in [4.78, 5) is 33.7. The number of ether oxygens (including phenoxy) is 2. The number of carbonyl (C=O) groups is 2. The zero-order valence-electron chi connectivity index (χ0n) is 15.0. The zero-order chi connectivity index (χ0) is 18.4. The summed E-state index contributed by atoms with van der Waals surface area (Å²) in [6, 6.07) is 2.77. The van der Waals surface area contributed by atoms with Crippen LogP contribution in [0.4, 0.5) is 10.5 Å². The number of anilines is 1. The SMILES string of the molecule is Cc1nc2cc3c(cc2[nH]1)OC[C@H](NC(=O)OC(C)(C)C)C(=O)N3C. The van der Waals surface area contributed by atoms with E-state index >= 15 is 0 Å². The van der Waals surface area contributed by atoms with Crippen molar-refractivity contribution in [1.82, 2.24) is 15.3 Å². The summed E-state index contributed by atoms with van der Waals surface area (Å²) in [6.07, 6.45) is -0.654. The highest BCUT2D eigenvalue weighted by Gasteiger charge is 2.32. The van der Waals surface area contributed by atoms with E-state index < -0.39 is 17.7 Å². The molecule has 0 radical (unpaired) electrons. The normalized spacial score (nSPS) is 17.7. The largest absolute Gasteiger partial charge is 0.489 e. The molecule has 0 spiro atoms. The van der Waals surface area contributed by atoms with Crippen LogP contribution in [-0.4, -0.2) is 47.3 Å². The third kappa shape index (κ3) is 3.52. The van der Waals surface area contributed by atoms with E-state index in [4.69, 9.17) is 9.47 Å². The minimum Gasteiger partial charge on any atom is -0.489 e. The fourth-order valence-corrected chi connectivity index (χ4v) is 2.68. The maximum Gasteiger partial charge on any atom is 0.408 e. The van der Waals surface area contributed by atoms with Gasteiger partial charge in [0.15, 0.2) is 0 Å². The van der Waals surface area contributed by atoms with Gasteiger partial charge in [0.05, 0.1) is 16.7 Å². The van der Waals surface area contributed by atoms with Crippen LogP contribution in [0.2, 0.25) is 0 Å². The first kappa shape index (κ1) is 17.1. The number of amides is 2. The van der Waals surface area contributed by atoms with Gasteiger partial charge in [0.25, 0.3) is 5.91 Å². The number of benzene rings is 1. The van der Waals surface area contributed by atoms with E-state index in [1.807, 2.05) is 13.0 Å². The van der Waals surface area contributed by atoms with Crippen molar-refractivity contribution in [1.29, 1.82) is 0 Å². The van der Waals surface area contributed by atoms with Crippen molar-refractivity contribution in [3.63, 3.8) is 0 Å². The van der Waals surface area contributed by atoms with Gasteiger partial charge < -0.3 is 24.7 Å². The number of alkyl carbamates (subject to hydrolysis) is 1. The van der Waals surface area contributed by atoms with E-state index in [9.17, 15) is 9.59 Å². The molecule has 2 N–H and O–H groups in total. The van der Waals surface area contributed by atoms with Crippen LogP contribution < -0.4 is 15.0 Å². The molecule has 1 aromatic heterocycles. The fourth-order valence-electron chi connectivity index (χ4n) is 2.68. The van der Waals surface area contributed by atoms with Crippen LogP contribution in [0.3, 0.4) is 0 Å². The molecule has 1 aromatic carbocycles. The minimum atomic E-state index is -0.833. The lowest BCUT2D eigenvalue weighted by Crippen LogP contribution is -2.50. The first-order valence-corrected chi connectivity index (χ1v) is 8.04. The Bertz CT molecular complexity index is 837. The van der Waals surface area contributed by atoms with Gasteiger partial charge >= 0.3 is 6.09 Å². The van der Waals surface area contributed by atoms with E-state index in [0.29, 0.717) is 11.4 Å². The predicted octanol–water partition coefficient (Wildman–Crippen LogP) is 2.12. The molecule has 25 heavy (non-hydrogen) atoms.